The number of nitro benzene ring substituents is 1. The monoisotopic (exact) mass is 396 g/mol. The molecule has 1 amide bonds. The first-order chi connectivity index (χ1) is 13.8. The Labute approximate surface area is 167 Å². The summed E-state index contributed by atoms with van der Waals surface area (Å²) in [5, 5.41) is 18.2. The Bertz CT molecular complexity index is 1040. The van der Waals surface area contributed by atoms with Crippen LogP contribution in [0, 0.1) is 21.8 Å². The molecule has 29 heavy (non-hydrogen) atoms. The SMILES string of the molecule is CC(C)C(C)NC(=O)c1cc(-c2ccccc2F)nn1-c1ccc([N+](=O)[O-])cc1. The summed E-state index contributed by atoms with van der Waals surface area (Å²) in [6.07, 6.45) is 0. The number of nitro groups is 1. The lowest BCUT2D eigenvalue weighted by molar-refractivity contribution is -0.384. The van der Waals surface area contributed by atoms with Crippen molar-refractivity contribution in [2.45, 2.75) is 26.8 Å². The van der Waals surface area contributed by atoms with Crippen molar-refractivity contribution in [1.82, 2.24) is 15.1 Å². The molecule has 1 atom stereocenters. The van der Waals surface area contributed by atoms with Gasteiger partial charge in [0.15, 0.2) is 0 Å². The Kier molecular flexibility index (Phi) is 5.72. The van der Waals surface area contributed by atoms with E-state index in [-0.39, 0.29) is 34.8 Å². The van der Waals surface area contributed by atoms with Crippen LogP contribution in [-0.2, 0) is 0 Å². The first-order valence-corrected chi connectivity index (χ1v) is 9.18. The summed E-state index contributed by atoms with van der Waals surface area (Å²) >= 11 is 0. The van der Waals surface area contributed by atoms with Crippen LogP contribution < -0.4 is 5.32 Å². The van der Waals surface area contributed by atoms with Crippen LogP contribution in [0.5, 0.6) is 0 Å². The number of carbonyl (C=O) groups excluding carboxylic acids is 1. The molecule has 2 aromatic carbocycles. The number of non-ortho nitro benzene ring substituents is 1. The number of nitrogens with one attached hydrogen (secondary N) is 1. The predicted octanol–water partition coefficient (Wildman–Crippen LogP) is 4.36. The standard InChI is InChI=1S/C21H21FN4O3/c1-13(2)14(3)23-21(27)20-12-19(17-6-4-5-7-18(17)22)24-25(20)15-8-10-16(11-9-15)26(28)29/h4-14H,1-3H3,(H,23,27). The fourth-order valence-corrected chi connectivity index (χ4v) is 2.70. The lowest BCUT2D eigenvalue weighted by atomic mass is 10.1. The van der Waals surface area contributed by atoms with Crippen molar-refractivity contribution >= 4 is 11.6 Å². The van der Waals surface area contributed by atoms with Crippen molar-refractivity contribution < 1.29 is 14.1 Å². The highest BCUT2D eigenvalue weighted by Crippen LogP contribution is 2.25. The zero-order chi connectivity index (χ0) is 21.1. The number of nitrogens with zero attached hydrogens (tertiary/aromatic N) is 3. The number of hydrogen-bond donors (Lipinski definition) is 1. The van der Waals surface area contributed by atoms with Crippen molar-refractivity contribution in [3.8, 4) is 16.9 Å². The minimum absolute atomic E-state index is 0.0744. The normalized spacial score (nSPS) is 12.0. The minimum atomic E-state index is -0.504. The molecule has 0 bridgehead atoms. The van der Waals surface area contributed by atoms with E-state index < -0.39 is 10.7 Å². The topological polar surface area (TPSA) is 90.1 Å². The van der Waals surface area contributed by atoms with Crippen LogP contribution in [0.2, 0.25) is 0 Å². The molecule has 8 heteroatoms. The van der Waals surface area contributed by atoms with E-state index in [4.69, 9.17) is 0 Å². The molecule has 0 saturated carbocycles. The summed E-state index contributed by atoms with van der Waals surface area (Å²) in [4.78, 5) is 23.3. The van der Waals surface area contributed by atoms with Gasteiger partial charge >= 0.3 is 0 Å². The van der Waals surface area contributed by atoms with Gasteiger partial charge in [0.05, 0.1) is 16.3 Å². The highest BCUT2D eigenvalue weighted by atomic mass is 19.1. The molecular formula is C21H21FN4O3. The summed E-state index contributed by atoms with van der Waals surface area (Å²) in [5.74, 6) is -0.594. The average Bonchev–Trinajstić information content (AvgIpc) is 3.13. The van der Waals surface area contributed by atoms with Crippen LogP contribution in [0.15, 0.2) is 54.6 Å². The maximum atomic E-state index is 14.3. The number of amides is 1. The lowest BCUT2D eigenvalue weighted by Crippen LogP contribution is -2.37. The molecule has 0 saturated heterocycles. The van der Waals surface area contributed by atoms with Gasteiger partial charge in [-0.15, -0.1) is 0 Å². The summed E-state index contributed by atoms with van der Waals surface area (Å²) in [5.41, 5.74) is 1.16. The van der Waals surface area contributed by atoms with Crippen LogP contribution >= 0.6 is 0 Å². The maximum absolute atomic E-state index is 14.3. The van der Waals surface area contributed by atoms with E-state index in [9.17, 15) is 19.3 Å². The molecule has 0 aliphatic heterocycles. The van der Waals surface area contributed by atoms with E-state index in [1.54, 1.807) is 18.2 Å². The number of hydrogen-bond acceptors (Lipinski definition) is 4. The molecule has 0 radical (unpaired) electrons. The third kappa shape index (κ3) is 4.31. The molecule has 0 aliphatic carbocycles. The van der Waals surface area contributed by atoms with Crippen LogP contribution in [0.25, 0.3) is 16.9 Å². The van der Waals surface area contributed by atoms with Crippen molar-refractivity contribution in [3.63, 3.8) is 0 Å². The third-order valence-electron chi connectivity index (χ3n) is 4.76. The summed E-state index contributed by atoms with van der Waals surface area (Å²) < 4.78 is 15.6. The fourth-order valence-electron chi connectivity index (χ4n) is 2.70. The highest BCUT2D eigenvalue weighted by molar-refractivity contribution is 5.94. The van der Waals surface area contributed by atoms with E-state index in [1.807, 2.05) is 20.8 Å². The molecular weight excluding hydrogens is 375 g/mol. The number of rotatable bonds is 6. The Morgan fingerprint density at radius 3 is 2.38 bits per heavy atom. The highest BCUT2D eigenvalue weighted by Gasteiger charge is 2.21. The number of benzene rings is 2. The van der Waals surface area contributed by atoms with Gasteiger partial charge in [-0.1, -0.05) is 26.0 Å². The van der Waals surface area contributed by atoms with Crippen LogP contribution in [0.4, 0.5) is 10.1 Å². The smallest absolute Gasteiger partial charge is 0.270 e. The second-order valence-corrected chi connectivity index (χ2v) is 7.09. The summed E-state index contributed by atoms with van der Waals surface area (Å²) in [6, 6.07) is 13.3. The Balaban J connectivity index is 2.08. The Morgan fingerprint density at radius 2 is 1.79 bits per heavy atom. The van der Waals surface area contributed by atoms with Crippen molar-refractivity contribution in [2.75, 3.05) is 0 Å². The molecule has 1 aromatic heterocycles. The van der Waals surface area contributed by atoms with E-state index in [0.717, 1.165) is 0 Å². The van der Waals surface area contributed by atoms with Gasteiger partial charge in [0.25, 0.3) is 11.6 Å². The number of halogens is 1. The van der Waals surface area contributed by atoms with E-state index in [2.05, 4.69) is 10.4 Å². The first-order valence-electron chi connectivity index (χ1n) is 9.18. The van der Waals surface area contributed by atoms with Crippen LogP contribution in [0.1, 0.15) is 31.3 Å². The van der Waals surface area contributed by atoms with Gasteiger partial charge < -0.3 is 5.32 Å². The van der Waals surface area contributed by atoms with Crippen molar-refractivity contribution in [1.29, 1.82) is 0 Å². The Morgan fingerprint density at radius 1 is 1.14 bits per heavy atom. The lowest BCUT2D eigenvalue weighted by Gasteiger charge is -2.17. The first kappa shape index (κ1) is 20.2. The van der Waals surface area contributed by atoms with E-state index in [0.29, 0.717) is 11.4 Å². The summed E-state index contributed by atoms with van der Waals surface area (Å²) in [6.45, 7) is 5.87. The molecule has 3 rings (SSSR count). The molecule has 1 N–H and O–H groups in total. The average molecular weight is 396 g/mol. The van der Waals surface area contributed by atoms with Crippen LogP contribution in [-0.4, -0.2) is 26.7 Å². The van der Waals surface area contributed by atoms with Crippen LogP contribution in [0.3, 0.4) is 0 Å². The van der Waals surface area contributed by atoms with Gasteiger partial charge in [-0.05, 0) is 43.2 Å². The van der Waals surface area contributed by atoms with Crippen molar-refractivity contribution in [3.05, 3.63) is 76.2 Å². The van der Waals surface area contributed by atoms with Gasteiger partial charge in [-0.3, -0.25) is 14.9 Å². The van der Waals surface area contributed by atoms with E-state index >= 15 is 0 Å². The van der Waals surface area contributed by atoms with Crippen molar-refractivity contribution in [2.24, 2.45) is 5.92 Å². The molecule has 1 heterocycles. The van der Waals surface area contributed by atoms with Gasteiger partial charge in [0.1, 0.15) is 11.5 Å². The fraction of sp³-hybridized carbons (Fsp3) is 0.238. The predicted molar refractivity (Wildman–Crippen MR) is 107 cm³/mol. The molecule has 1 unspecified atom stereocenters. The minimum Gasteiger partial charge on any atom is -0.348 e. The summed E-state index contributed by atoms with van der Waals surface area (Å²) in [7, 11) is 0. The van der Waals surface area contributed by atoms with Gasteiger partial charge in [0, 0.05) is 23.7 Å². The zero-order valence-corrected chi connectivity index (χ0v) is 16.3. The molecule has 0 spiro atoms. The molecule has 0 fully saturated rings. The maximum Gasteiger partial charge on any atom is 0.270 e. The largest absolute Gasteiger partial charge is 0.348 e. The zero-order valence-electron chi connectivity index (χ0n) is 16.3. The third-order valence-corrected chi connectivity index (χ3v) is 4.76. The molecule has 7 nitrogen and oxygen atoms in total. The second-order valence-electron chi connectivity index (χ2n) is 7.09. The molecule has 150 valence electrons. The second kappa shape index (κ2) is 8.22. The van der Waals surface area contributed by atoms with E-state index in [1.165, 1.54) is 41.1 Å². The number of aromatic nitrogens is 2. The molecule has 3 aromatic rings. The van der Waals surface area contributed by atoms with Gasteiger partial charge in [0.2, 0.25) is 0 Å². The quantitative estimate of drug-likeness (QED) is 0.495. The van der Waals surface area contributed by atoms with Gasteiger partial charge in [-0.2, -0.15) is 5.10 Å². The molecule has 0 aliphatic rings. The van der Waals surface area contributed by atoms with Gasteiger partial charge in [-0.25, -0.2) is 9.07 Å². The Hall–Kier alpha value is -3.55. The number of carbonyl (C=O) groups is 1.